The Kier molecular flexibility index (Phi) is 7.04. The van der Waals surface area contributed by atoms with Crippen LogP contribution in [0.5, 0.6) is 0 Å². The Morgan fingerprint density at radius 2 is 1.84 bits per heavy atom. The molecule has 2 rings (SSSR count). The minimum absolute atomic E-state index is 0.293. The maximum atomic E-state index is 12.8. The lowest BCUT2D eigenvalue weighted by atomic mass is 10.2. The van der Waals surface area contributed by atoms with Gasteiger partial charge in [0.15, 0.2) is 5.11 Å². The van der Waals surface area contributed by atoms with Crippen LogP contribution in [0.1, 0.15) is 33.6 Å². The van der Waals surface area contributed by atoms with Crippen LogP contribution in [0.25, 0.3) is 0 Å². The molecule has 0 aliphatic carbocycles. The minimum atomic E-state index is -3.50. The molecule has 1 fully saturated rings. The van der Waals surface area contributed by atoms with E-state index in [4.69, 9.17) is 12.2 Å². The summed E-state index contributed by atoms with van der Waals surface area (Å²) in [6.07, 6.45) is 2.30. The van der Waals surface area contributed by atoms with Crippen LogP contribution in [0.15, 0.2) is 23.1 Å². The molecule has 0 aromatic heterocycles. The zero-order valence-electron chi connectivity index (χ0n) is 15.2. The summed E-state index contributed by atoms with van der Waals surface area (Å²) in [7, 11) is -3.50. The third-order valence-electron chi connectivity index (χ3n) is 4.34. The van der Waals surface area contributed by atoms with Crippen LogP contribution in [0.4, 0.5) is 11.4 Å². The van der Waals surface area contributed by atoms with E-state index in [1.807, 2.05) is 26.8 Å². The Bertz CT molecular complexity index is 697. The summed E-state index contributed by atoms with van der Waals surface area (Å²) in [5.74, 6) is 0. The molecule has 0 radical (unpaired) electrons. The molecule has 25 heavy (non-hydrogen) atoms. The first-order valence-electron chi connectivity index (χ1n) is 8.88. The highest BCUT2D eigenvalue weighted by Gasteiger charge is 2.24. The lowest BCUT2D eigenvalue weighted by Crippen LogP contribution is -2.31. The molecule has 1 aromatic carbocycles. The van der Waals surface area contributed by atoms with E-state index in [0.717, 1.165) is 37.3 Å². The standard InChI is InChI=1S/C17H28N4O2S2/c1-4-18-17(24)19-15-13-14(25(22,23)21(5-2)6-3)9-10-16(15)20-11-7-8-12-20/h9-10,13H,4-8,11-12H2,1-3H3,(H2,18,19,24). The van der Waals surface area contributed by atoms with E-state index in [-0.39, 0.29) is 0 Å². The van der Waals surface area contributed by atoms with Crippen molar-refractivity contribution >= 4 is 38.7 Å². The van der Waals surface area contributed by atoms with Gasteiger partial charge in [-0.25, -0.2) is 8.42 Å². The van der Waals surface area contributed by atoms with E-state index in [1.54, 1.807) is 12.1 Å². The fourth-order valence-electron chi connectivity index (χ4n) is 3.05. The molecule has 8 heteroatoms. The highest BCUT2D eigenvalue weighted by Crippen LogP contribution is 2.32. The van der Waals surface area contributed by atoms with E-state index < -0.39 is 10.0 Å². The first kappa shape index (κ1) is 19.9. The number of thiocarbonyl (C=S) groups is 1. The number of benzene rings is 1. The molecular formula is C17H28N4O2S2. The van der Waals surface area contributed by atoms with E-state index in [0.29, 0.717) is 29.6 Å². The van der Waals surface area contributed by atoms with Gasteiger partial charge in [0.1, 0.15) is 0 Å². The fraction of sp³-hybridized carbons (Fsp3) is 0.588. The van der Waals surface area contributed by atoms with Crippen LogP contribution in [-0.4, -0.2) is 50.6 Å². The van der Waals surface area contributed by atoms with Crippen molar-refractivity contribution in [3.8, 4) is 0 Å². The van der Waals surface area contributed by atoms with Crippen molar-refractivity contribution in [2.75, 3.05) is 42.9 Å². The quantitative estimate of drug-likeness (QED) is 0.705. The second-order valence-corrected chi connectivity index (χ2v) is 8.29. The van der Waals surface area contributed by atoms with Crippen LogP contribution < -0.4 is 15.5 Å². The predicted molar refractivity (Wildman–Crippen MR) is 108 cm³/mol. The fourth-order valence-corrected chi connectivity index (χ4v) is 4.79. The Balaban J connectivity index is 2.42. The Morgan fingerprint density at radius 3 is 2.40 bits per heavy atom. The molecule has 1 saturated heterocycles. The Hall–Kier alpha value is -1.38. The maximum Gasteiger partial charge on any atom is 0.243 e. The Labute approximate surface area is 156 Å². The highest BCUT2D eigenvalue weighted by atomic mass is 32.2. The van der Waals surface area contributed by atoms with Crippen molar-refractivity contribution in [1.29, 1.82) is 0 Å². The van der Waals surface area contributed by atoms with Crippen LogP contribution >= 0.6 is 12.2 Å². The first-order valence-corrected chi connectivity index (χ1v) is 10.7. The number of anilines is 2. The third kappa shape index (κ3) is 4.62. The summed E-state index contributed by atoms with van der Waals surface area (Å²) in [4.78, 5) is 2.56. The number of rotatable bonds is 7. The van der Waals surface area contributed by atoms with Gasteiger partial charge in [-0.15, -0.1) is 0 Å². The normalized spacial score (nSPS) is 14.8. The van der Waals surface area contributed by atoms with E-state index >= 15 is 0 Å². The van der Waals surface area contributed by atoms with Crippen LogP contribution in [0, 0.1) is 0 Å². The first-order chi connectivity index (χ1) is 11.9. The third-order valence-corrected chi connectivity index (χ3v) is 6.64. The largest absolute Gasteiger partial charge is 0.370 e. The number of sulfonamides is 1. The smallest absolute Gasteiger partial charge is 0.243 e. The summed E-state index contributed by atoms with van der Waals surface area (Å²) < 4.78 is 27.1. The molecule has 1 aliphatic rings. The van der Waals surface area contributed by atoms with Crippen LogP contribution in [-0.2, 0) is 10.0 Å². The minimum Gasteiger partial charge on any atom is -0.370 e. The van der Waals surface area contributed by atoms with Crippen molar-refractivity contribution in [3.05, 3.63) is 18.2 Å². The summed E-state index contributed by atoms with van der Waals surface area (Å²) in [6, 6.07) is 5.28. The number of nitrogens with one attached hydrogen (secondary N) is 2. The van der Waals surface area contributed by atoms with Crippen LogP contribution in [0.3, 0.4) is 0 Å². The second-order valence-electron chi connectivity index (χ2n) is 5.95. The lowest BCUT2D eigenvalue weighted by molar-refractivity contribution is 0.445. The number of nitrogens with zero attached hydrogens (tertiary/aromatic N) is 2. The Morgan fingerprint density at radius 1 is 1.20 bits per heavy atom. The maximum absolute atomic E-state index is 12.8. The van der Waals surface area contributed by atoms with Gasteiger partial charge < -0.3 is 15.5 Å². The van der Waals surface area contributed by atoms with E-state index in [9.17, 15) is 8.42 Å². The molecule has 1 aliphatic heterocycles. The second kappa shape index (κ2) is 8.82. The average molecular weight is 385 g/mol. The topological polar surface area (TPSA) is 64.7 Å². The van der Waals surface area contributed by atoms with Gasteiger partial charge in [0.2, 0.25) is 10.0 Å². The molecule has 0 spiro atoms. The van der Waals surface area contributed by atoms with Crippen molar-refractivity contribution in [3.63, 3.8) is 0 Å². The molecule has 2 N–H and O–H groups in total. The predicted octanol–water partition coefficient (Wildman–Crippen LogP) is 2.62. The monoisotopic (exact) mass is 384 g/mol. The van der Waals surface area contributed by atoms with Crippen molar-refractivity contribution < 1.29 is 8.42 Å². The SMILES string of the molecule is CCNC(=S)Nc1cc(S(=O)(=O)N(CC)CC)ccc1N1CCCC1. The van der Waals surface area contributed by atoms with Gasteiger partial charge in [0.05, 0.1) is 16.3 Å². The van der Waals surface area contributed by atoms with Gasteiger partial charge in [-0.2, -0.15) is 4.31 Å². The molecule has 0 saturated carbocycles. The number of hydrogen-bond acceptors (Lipinski definition) is 4. The van der Waals surface area contributed by atoms with Gasteiger partial charge in [-0.1, -0.05) is 13.8 Å². The van der Waals surface area contributed by atoms with Crippen molar-refractivity contribution in [1.82, 2.24) is 9.62 Å². The summed E-state index contributed by atoms with van der Waals surface area (Å²) in [6.45, 7) is 9.23. The summed E-state index contributed by atoms with van der Waals surface area (Å²) in [5.41, 5.74) is 1.73. The highest BCUT2D eigenvalue weighted by molar-refractivity contribution is 7.89. The molecule has 1 heterocycles. The number of hydrogen-bond donors (Lipinski definition) is 2. The molecule has 0 atom stereocenters. The molecule has 140 valence electrons. The van der Waals surface area contributed by atoms with E-state index in [2.05, 4.69) is 15.5 Å². The molecule has 6 nitrogen and oxygen atoms in total. The lowest BCUT2D eigenvalue weighted by Gasteiger charge is -2.24. The van der Waals surface area contributed by atoms with E-state index in [1.165, 1.54) is 4.31 Å². The van der Waals surface area contributed by atoms with Gasteiger partial charge in [0.25, 0.3) is 0 Å². The van der Waals surface area contributed by atoms with Crippen molar-refractivity contribution in [2.24, 2.45) is 0 Å². The van der Waals surface area contributed by atoms with Gasteiger partial charge in [-0.05, 0) is 50.2 Å². The van der Waals surface area contributed by atoms with Gasteiger partial charge in [0, 0.05) is 32.7 Å². The van der Waals surface area contributed by atoms with Crippen LogP contribution in [0.2, 0.25) is 0 Å². The molecule has 0 unspecified atom stereocenters. The van der Waals surface area contributed by atoms with Gasteiger partial charge in [-0.3, -0.25) is 0 Å². The zero-order chi connectivity index (χ0) is 18.4. The summed E-state index contributed by atoms with van der Waals surface area (Å²) >= 11 is 5.30. The summed E-state index contributed by atoms with van der Waals surface area (Å²) in [5, 5.41) is 6.73. The molecule has 1 aromatic rings. The molecule has 0 bridgehead atoms. The molecular weight excluding hydrogens is 356 g/mol. The average Bonchev–Trinajstić information content (AvgIpc) is 3.10. The van der Waals surface area contributed by atoms with Gasteiger partial charge >= 0.3 is 0 Å². The molecule has 0 amide bonds. The van der Waals surface area contributed by atoms with Crippen molar-refractivity contribution in [2.45, 2.75) is 38.5 Å². The zero-order valence-corrected chi connectivity index (χ0v) is 16.8.